The third-order valence-corrected chi connectivity index (χ3v) is 5.53. The molecule has 3 aromatic carbocycles. The van der Waals surface area contributed by atoms with E-state index in [1.165, 1.54) is 0 Å². The molecule has 30 heavy (non-hydrogen) atoms. The Morgan fingerprint density at radius 2 is 1.53 bits per heavy atom. The lowest BCUT2D eigenvalue weighted by atomic mass is 10.1. The molecule has 0 saturated carbocycles. The van der Waals surface area contributed by atoms with Crippen molar-refractivity contribution >= 4 is 44.9 Å². The SMILES string of the molecule is Cc1ccccc1Nc1nc(-c2cc3cccc(C)c3nc2Cl)nc2ccccc12. The Balaban J connectivity index is 1.72. The number of nitrogens with zero attached hydrogens (tertiary/aromatic N) is 3. The molecule has 0 radical (unpaired) electrons. The molecule has 0 spiro atoms. The van der Waals surface area contributed by atoms with E-state index < -0.39 is 0 Å². The summed E-state index contributed by atoms with van der Waals surface area (Å²) in [6, 6.07) is 24.2. The van der Waals surface area contributed by atoms with Gasteiger partial charge in [-0.15, -0.1) is 0 Å². The predicted molar refractivity (Wildman–Crippen MR) is 124 cm³/mol. The summed E-state index contributed by atoms with van der Waals surface area (Å²) in [6.07, 6.45) is 0. The van der Waals surface area contributed by atoms with Crippen molar-refractivity contribution in [1.82, 2.24) is 15.0 Å². The topological polar surface area (TPSA) is 50.7 Å². The Labute approximate surface area is 179 Å². The van der Waals surface area contributed by atoms with Gasteiger partial charge in [-0.3, -0.25) is 0 Å². The molecule has 0 fully saturated rings. The molecule has 0 amide bonds. The molecule has 0 aliphatic carbocycles. The predicted octanol–water partition coefficient (Wildman–Crippen LogP) is 6.86. The van der Waals surface area contributed by atoms with E-state index in [1.807, 2.05) is 73.7 Å². The summed E-state index contributed by atoms with van der Waals surface area (Å²) >= 11 is 6.59. The van der Waals surface area contributed by atoms with E-state index in [9.17, 15) is 0 Å². The Kier molecular flexibility index (Phi) is 4.57. The van der Waals surface area contributed by atoms with Crippen molar-refractivity contribution in [2.75, 3.05) is 5.32 Å². The number of hydrogen-bond acceptors (Lipinski definition) is 4. The third kappa shape index (κ3) is 3.25. The Morgan fingerprint density at radius 1 is 0.767 bits per heavy atom. The van der Waals surface area contributed by atoms with Crippen molar-refractivity contribution in [3.8, 4) is 11.4 Å². The van der Waals surface area contributed by atoms with Crippen molar-refractivity contribution < 1.29 is 0 Å². The number of anilines is 2. The minimum Gasteiger partial charge on any atom is -0.339 e. The van der Waals surface area contributed by atoms with Gasteiger partial charge < -0.3 is 5.32 Å². The van der Waals surface area contributed by atoms with Crippen molar-refractivity contribution in [1.29, 1.82) is 0 Å². The van der Waals surface area contributed by atoms with Gasteiger partial charge in [0.05, 0.1) is 16.6 Å². The number of nitrogens with one attached hydrogen (secondary N) is 1. The van der Waals surface area contributed by atoms with Gasteiger partial charge in [-0.1, -0.05) is 60.1 Å². The Bertz CT molecular complexity index is 1410. The van der Waals surface area contributed by atoms with Crippen molar-refractivity contribution in [2.45, 2.75) is 13.8 Å². The average Bonchev–Trinajstić information content (AvgIpc) is 2.75. The van der Waals surface area contributed by atoms with Crippen LogP contribution in [0.5, 0.6) is 0 Å². The summed E-state index contributed by atoms with van der Waals surface area (Å²) in [5.41, 5.74) is 5.69. The molecule has 0 saturated heterocycles. The largest absolute Gasteiger partial charge is 0.339 e. The molecule has 0 atom stereocenters. The van der Waals surface area contributed by atoms with Crippen molar-refractivity contribution in [3.63, 3.8) is 0 Å². The molecule has 4 nitrogen and oxygen atoms in total. The van der Waals surface area contributed by atoms with E-state index in [0.717, 1.165) is 44.4 Å². The average molecular weight is 411 g/mol. The number of para-hydroxylation sites is 3. The van der Waals surface area contributed by atoms with Crippen molar-refractivity contribution in [3.05, 3.63) is 89.1 Å². The second-order valence-electron chi connectivity index (χ2n) is 7.33. The number of halogens is 1. The van der Waals surface area contributed by atoms with E-state index in [4.69, 9.17) is 21.6 Å². The Hall–Kier alpha value is -3.50. The van der Waals surface area contributed by atoms with Gasteiger partial charge in [0.1, 0.15) is 11.0 Å². The van der Waals surface area contributed by atoms with Crippen LogP contribution in [0.3, 0.4) is 0 Å². The summed E-state index contributed by atoms with van der Waals surface area (Å²) in [5, 5.41) is 5.84. The third-order valence-electron chi connectivity index (χ3n) is 5.24. The van der Waals surface area contributed by atoms with Gasteiger partial charge in [0.2, 0.25) is 0 Å². The van der Waals surface area contributed by atoms with E-state index in [0.29, 0.717) is 16.5 Å². The van der Waals surface area contributed by atoms with Crippen LogP contribution in [0.15, 0.2) is 72.8 Å². The molecule has 5 heteroatoms. The first-order chi connectivity index (χ1) is 14.6. The number of pyridine rings is 1. The van der Waals surface area contributed by atoms with E-state index in [2.05, 4.69) is 23.3 Å². The lowest BCUT2D eigenvalue weighted by molar-refractivity contribution is 1.21. The number of benzene rings is 3. The number of aromatic nitrogens is 3. The van der Waals surface area contributed by atoms with Gasteiger partial charge >= 0.3 is 0 Å². The smallest absolute Gasteiger partial charge is 0.165 e. The van der Waals surface area contributed by atoms with Crippen LogP contribution in [0.25, 0.3) is 33.2 Å². The van der Waals surface area contributed by atoms with Gasteiger partial charge in [-0.05, 0) is 49.2 Å². The highest BCUT2D eigenvalue weighted by atomic mass is 35.5. The summed E-state index contributed by atoms with van der Waals surface area (Å²) in [6.45, 7) is 4.10. The zero-order chi connectivity index (χ0) is 20.7. The molecule has 0 aliphatic heterocycles. The normalized spacial score (nSPS) is 11.2. The van der Waals surface area contributed by atoms with E-state index in [-0.39, 0.29) is 0 Å². The molecular weight excluding hydrogens is 392 g/mol. The summed E-state index contributed by atoms with van der Waals surface area (Å²) < 4.78 is 0. The van der Waals surface area contributed by atoms with Crippen LogP contribution in [0.4, 0.5) is 11.5 Å². The molecule has 5 rings (SSSR count). The molecule has 146 valence electrons. The van der Waals surface area contributed by atoms with Crippen LogP contribution in [0, 0.1) is 13.8 Å². The standard InChI is InChI=1S/C25H19ClN4/c1-15-8-3-5-12-20(15)27-24-18-11-4-6-13-21(18)28-25(30-24)19-14-17-10-7-9-16(2)22(17)29-23(19)26/h3-14H,1-2H3,(H,27,28,30). The van der Waals surface area contributed by atoms with Crippen molar-refractivity contribution in [2.24, 2.45) is 0 Å². The Morgan fingerprint density at radius 3 is 2.40 bits per heavy atom. The van der Waals surface area contributed by atoms with Crippen LogP contribution < -0.4 is 5.32 Å². The molecule has 0 aliphatic rings. The number of hydrogen-bond donors (Lipinski definition) is 1. The molecule has 0 unspecified atom stereocenters. The quantitative estimate of drug-likeness (QED) is 0.330. The van der Waals surface area contributed by atoms with E-state index in [1.54, 1.807) is 0 Å². The minimum atomic E-state index is 0.397. The summed E-state index contributed by atoms with van der Waals surface area (Å²) in [5.74, 6) is 1.29. The lowest BCUT2D eigenvalue weighted by Gasteiger charge is -2.13. The first kappa shape index (κ1) is 18.5. The molecule has 5 aromatic rings. The lowest BCUT2D eigenvalue weighted by Crippen LogP contribution is -2.01. The molecule has 2 aromatic heterocycles. The molecule has 0 bridgehead atoms. The van der Waals surface area contributed by atoms with Gasteiger partial charge in [-0.2, -0.15) is 0 Å². The summed E-state index contributed by atoms with van der Waals surface area (Å²) in [7, 11) is 0. The fourth-order valence-corrected chi connectivity index (χ4v) is 3.84. The van der Waals surface area contributed by atoms with Crippen LogP contribution in [0.1, 0.15) is 11.1 Å². The fraction of sp³-hybridized carbons (Fsp3) is 0.0800. The van der Waals surface area contributed by atoms with Gasteiger partial charge in [0, 0.05) is 16.5 Å². The number of aryl methyl sites for hydroxylation is 2. The van der Waals surface area contributed by atoms with Gasteiger partial charge in [-0.25, -0.2) is 15.0 Å². The zero-order valence-electron chi connectivity index (χ0n) is 16.6. The highest BCUT2D eigenvalue weighted by molar-refractivity contribution is 6.32. The number of fused-ring (bicyclic) bond motifs is 2. The maximum Gasteiger partial charge on any atom is 0.165 e. The maximum atomic E-state index is 6.59. The van der Waals surface area contributed by atoms with Gasteiger partial charge in [0.15, 0.2) is 5.82 Å². The molecular formula is C25H19ClN4. The highest BCUT2D eigenvalue weighted by Crippen LogP contribution is 2.33. The second kappa shape index (κ2) is 7.39. The maximum absolute atomic E-state index is 6.59. The summed E-state index contributed by atoms with van der Waals surface area (Å²) in [4.78, 5) is 14.3. The molecule has 1 N–H and O–H groups in total. The molecule has 2 heterocycles. The first-order valence-electron chi connectivity index (χ1n) is 9.76. The van der Waals surface area contributed by atoms with Gasteiger partial charge in [0.25, 0.3) is 0 Å². The minimum absolute atomic E-state index is 0.397. The van der Waals surface area contributed by atoms with Crippen LogP contribution >= 0.6 is 11.6 Å². The van der Waals surface area contributed by atoms with Crippen LogP contribution in [-0.4, -0.2) is 15.0 Å². The fourth-order valence-electron chi connectivity index (χ4n) is 3.61. The van der Waals surface area contributed by atoms with E-state index >= 15 is 0 Å². The first-order valence-corrected chi connectivity index (χ1v) is 10.1. The number of rotatable bonds is 3. The monoisotopic (exact) mass is 410 g/mol. The van der Waals surface area contributed by atoms with Crippen LogP contribution in [-0.2, 0) is 0 Å². The zero-order valence-corrected chi connectivity index (χ0v) is 17.4. The van der Waals surface area contributed by atoms with Crippen LogP contribution in [0.2, 0.25) is 5.15 Å². The second-order valence-corrected chi connectivity index (χ2v) is 7.68. The highest BCUT2D eigenvalue weighted by Gasteiger charge is 2.15.